The Morgan fingerprint density at radius 1 is 0.753 bits per heavy atom. The number of hydrogen-bond donors (Lipinski definition) is 9. The van der Waals surface area contributed by atoms with E-state index in [1.165, 1.54) is 24.3 Å². The number of benzene rings is 4. The van der Waals surface area contributed by atoms with Crippen LogP contribution in [0.3, 0.4) is 0 Å². The van der Waals surface area contributed by atoms with E-state index in [0.717, 1.165) is 32.1 Å². The topological polar surface area (TPSA) is 337 Å². The molecule has 24 nitrogen and oxygen atoms in total. The van der Waals surface area contributed by atoms with Gasteiger partial charge in [0.1, 0.15) is 48.6 Å². The first-order chi connectivity index (χ1) is 34.9. The molecule has 26 heteroatoms. The molecular formula is C47H55N3O21P2. The maximum Gasteiger partial charge on any atom is 0.528 e. The van der Waals surface area contributed by atoms with Crippen molar-refractivity contribution in [1.29, 1.82) is 0 Å². The molecule has 4 aromatic carbocycles. The summed E-state index contributed by atoms with van der Waals surface area (Å²) in [5.41, 5.74) is 1.38. The second kappa shape index (κ2) is 22.8. The first kappa shape index (κ1) is 53.6. The Bertz CT molecular complexity index is 2750. The third-order valence-electron chi connectivity index (χ3n) is 12.5. The number of nitrogens with one attached hydrogen (secondary N) is 2. The molecule has 0 bridgehead atoms. The number of aliphatic hydroxyl groups excluding tert-OH is 3. The van der Waals surface area contributed by atoms with E-state index in [1.807, 2.05) is 0 Å². The molecule has 3 amide bonds. The Kier molecular flexibility index (Phi) is 16.8. The number of ether oxygens (including phenoxy) is 5. The highest BCUT2D eigenvalue weighted by Gasteiger charge is 2.56. The highest BCUT2D eigenvalue weighted by atomic mass is 31.2. The van der Waals surface area contributed by atoms with E-state index in [1.54, 1.807) is 59.5 Å². The minimum atomic E-state index is -5.45. The van der Waals surface area contributed by atoms with Crippen LogP contribution in [0.25, 0.3) is 0 Å². The van der Waals surface area contributed by atoms with Crippen LogP contribution in [0.15, 0.2) is 78.9 Å². The Morgan fingerprint density at radius 2 is 1.41 bits per heavy atom. The van der Waals surface area contributed by atoms with Gasteiger partial charge in [0, 0.05) is 53.3 Å². The van der Waals surface area contributed by atoms with Crippen LogP contribution >= 0.6 is 15.6 Å². The summed E-state index contributed by atoms with van der Waals surface area (Å²) in [6, 6.07) is 20.3. The van der Waals surface area contributed by atoms with Gasteiger partial charge in [-0.1, -0.05) is 63.3 Å². The predicted octanol–water partition coefficient (Wildman–Crippen LogP) is 5.90. The number of fused-ring (bicyclic) bond motifs is 6. The quantitative estimate of drug-likeness (QED) is 0.0173. The summed E-state index contributed by atoms with van der Waals surface area (Å²) in [6.07, 6.45) is -9.15. The molecule has 3 aliphatic heterocycles. The largest absolute Gasteiger partial charge is 0.528 e. The molecule has 1 saturated heterocycles. The van der Waals surface area contributed by atoms with Crippen LogP contribution in [0, 0.1) is 0 Å². The van der Waals surface area contributed by atoms with Gasteiger partial charge in [-0.25, -0.2) is 28.4 Å². The highest BCUT2D eigenvalue weighted by molar-refractivity contribution is 7.47. The average molecular weight is 1060 g/mol. The summed E-state index contributed by atoms with van der Waals surface area (Å²) in [6.45, 7) is 3.49. The van der Waals surface area contributed by atoms with E-state index in [-0.39, 0.29) is 47.9 Å². The molecule has 8 rings (SSSR count). The average Bonchev–Trinajstić information content (AvgIpc) is 3.65. The highest BCUT2D eigenvalue weighted by Crippen LogP contribution is 2.57. The van der Waals surface area contributed by atoms with E-state index >= 15 is 0 Å². The van der Waals surface area contributed by atoms with Crippen molar-refractivity contribution in [2.45, 2.75) is 94.3 Å². The molecule has 1 saturated carbocycles. The Hall–Kier alpha value is -5.69. The Morgan fingerprint density at radius 3 is 2.10 bits per heavy atom. The molecule has 1 spiro atoms. The smallest absolute Gasteiger partial charge is 0.490 e. The molecule has 3 unspecified atom stereocenters. The van der Waals surface area contributed by atoms with Gasteiger partial charge in [-0.15, -0.1) is 0 Å². The SMILES string of the molecule is CCCCCCCCOc1cc(COC(=O)Nc2ccc3c(c2)Oc2cc(NC(=O)N4CCOCC4)ccc2C32OC(=O)c3ccccc32)ccc1OP(=O)(O)O[C@@H]1[C@H](O)[C@H](O)[C@@H](OO)C(OP(=O)(O)O)[C@H]1O. The number of amides is 3. The van der Waals surface area contributed by atoms with Crippen molar-refractivity contribution in [3.8, 4) is 23.0 Å². The van der Waals surface area contributed by atoms with Crippen LogP contribution < -0.4 is 24.6 Å². The molecule has 9 N–H and O–H groups in total. The van der Waals surface area contributed by atoms with Crippen LogP contribution in [0.1, 0.15) is 78.1 Å². The van der Waals surface area contributed by atoms with E-state index in [4.69, 9.17) is 32.7 Å². The molecule has 4 aromatic rings. The Balaban J connectivity index is 0.981. The number of urea groups is 1. The third-order valence-corrected chi connectivity index (χ3v) is 14.0. The zero-order chi connectivity index (χ0) is 52.1. The molecule has 8 atom stereocenters. The molecule has 2 fully saturated rings. The zero-order valence-corrected chi connectivity index (χ0v) is 40.9. The van der Waals surface area contributed by atoms with Crippen LogP contribution in [0.2, 0.25) is 0 Å². The van der Waals surface area contributed by atoms with Gasteiger partial charge in [0.15, 0.2) is 23.2 Å². The minimum Gasteiger partial charge on any atom is -0.490 e. The molecular weight excluding hydrogens is 1000 g/mol. The van der Waals surface area contributed by atoms with Gasteiger partial charge in [-0.3, -0.25) is 24.5 Å². The maximum absolute atomic E-state index is 13.4. The van der Waals surface area contributed by atoms with Gasteiger partial charge in [0.2, 0.25) is 0 Å². The van der Waals surface area contributed by atoms with Crippen molar-refractivity contribution < 1.29 is 101 Å². The number of rotatable bonds is 19. The first-order valence-corrected chi connectivity index (χ1v) is 26.4. The number of morpholine rings is 1. The first-order valence-electron chi connectivity index (χ1n) is 23.3. The molecule has 0 radical (unpaired) electrons. The van der Waals surface area contributed by atoms with Gasteiger partial charge < -0.3 is 63.5 Å². The number of unbranched alkanes of at least 4 members (excludes halogenated alkanes) is 5. The lowest BCUT2D eigenvalue weighted by molar-refractivity contribution is -0.344. The summed E-state index contributed by atoms with van der Waals surface area (Å²) < 4.78 is 69.3. The standard InChI is InChI=1S/C47H55N3O21P2/c1-2-3-4-5-6-9-20-64-37-23-27(12-17-34(37)69-73(61,62)71-41-38(51)39(52)42(68-57)43(40(41)53)70-72(58,59)60)26-65-46(56)49-29-14-16-33-36(25-29)66-35-24-28(48-45(55)50-18-21-63-22-19-50)13-15-32(35)47(33)31-11-8-7-10-30(31)44(54)67-47/h7-8,10-17,23-25,38-43,51-53,57H,2-6,9,18-22,26H2,1H3,(H,48,55)(H,49,56)(H,61,62)(H2,58,59,60)/t38-,39+,40+,41-,42-,43?,47?/m1/s1. The monoisotopic (exact) mass is 1060 g/mol. The van der Waals surface area contributed by atoms with Gasteiger partial charge in [-0.2, -0.15) is 0 Å². The Labute approximate surface area is 417 Å². The number of nitrogens with zero attached hydrogens (tertiary/aromatic N) is 1. The third kappa shape index (κ3) is 12.1. The van der Waals surface area contributed by atoms with Crippen LogP contribution in [0.5, 0.6) is 23.0 Å². The van der Waals surface area contributed by atoms with Crippen molar-refractivity contribution >= 4 is 45.1 Å². The fourth-order valence-corrected chi connectivity index (χ4v) is 10.6. The summed E-state index contributed by atoms with van der Waals surface area (Å²) in [5, 5.41) is 46.7. The number of carbonyl (C=O) groups is 3. The maximum atomic E-state index is 13.4. The predicted molar refractivity (Wildman–Crippen MR) is 253 cm³/mol. The van der Waals surface area contributed by atoms with Gasteiger partial charge in [0.05, 0.1) is 25.4 Å². The van der Waals surface area contributed by atoms with Gasteiger partial charge in [0.25, 0.3) is 0 Å². The van der Waals surface area contributed by atoms with Crippen molar-refractivity contribution in [3.05, 3.63) is 107 Å². The summed E-state index contributed by atoms with van der Waals surface area (Å²) >= 11 is 0. The zero-order valence-electron chi connectivity index (χ0n) is 39.1. The summed E-state index contributed by atoms with van der Waals surface area (Å²) in [7, 11) is -10.9. The molecule has 0 aromatic heterocycles. The summed E-state index contributed by atoms with van der Waals surface area (Å²) in [4.78, 5) is 75.0. The summed E-state index contributed by atoms with van der Waals surface area (Å²) in [5.74, 6) is -0.563. The molecule has 1 aliphatic carbocycles. The van der Waals surface area contributed by atoms with Crippen LogP contribution in [0.4, 0.5) is 21.0 Å². The second-order valence-corrected chi connectivity index (χ2v) is 20.0. The molecule has 73 heavy (non-hydrogen) atoms. The van der Waals surface area contributed by atoms with E-state index in [0.29, 0.717) is 66.2 Å². The number of esters is 1. The van der Waals surface area contributed by atoms with Crippen molar-refractivity contribution in [3.63, 3.8) is 0 Å². The lowest BCUT2D eigenvalue weighted by atomic mass is 9.77. The normalized spacial score (nSPS) is 24.0. The lowest BCUT2D eigenvalue weighted by Crippen LogP contribution is -2.65. The van der Waals surface area contributed by atoms with Crippen LogP contribution in [-0.4, -0.2) is 128 Å². The number of aliphatic hydroxyl groups is 3. The van der Waals surface area contributed by atoms with E-state index in [2.05, 4.69) is 27.0 Å². The van der Waals surface area contributed by atoms with Crippen molar-refractivity contribution in [2.24, 2.45) is 0 Å². The molecule has 4 aliphatic rings. The fraction of sp³-hybridized carbons (Fsp3) is 0.426. The lowest BCUT2D eigenvalue weighted by Gasteiger charge is -2.43. The fourth-order valence-electron chi connectivity index (χ4n) is 8.99. The van der Waals surface area contributed by atoms with Crippen molar-refractivity contribution in [1.82, 2.24) is 4.90 Å². The molecule has 394 valence electrons. The number of phosphoric ester groups is 2. The van der Waals surface area contributed by atoms with E-state index < -0.39 is 69.9 Å². The van der Waals surface area contributed by atoms with E-state index in [9.17, 15) is 58.8 Å². The molecule has 3 heterocycles. The number of hydrogen-bond acceptors (Lipinski definition) is 18. The number of carbonyl (C=O) groups excluding carboxylic acids is 3. The number of phosphoric acid groups is 2. The second-order valence-electron chi connectivity index (χ2n) is 17.5. The van der Waals surface area contributed by atoms with Crippen molar-refractivity contribution in [2.75, 3.05) is 43.5 Å². The van der Waals surface area contributed by atoms with Gasteiger partial charge in [-0.05, 0) is 54.4 Å². The van der Waals surface area contributed by atoms with Gasteiger partial charge >= 0.3 is 33.7 Å². The minimum absolute atomic E-state index is 0.112. The number of anilines is 2. The van der Waals surface area contributed by atoms with Crippen LogP contribution in [-0.2, 0) is 49.5 Å².